The first-order valence-electron chi connectivity index (χ1n) is 14.1. The van der Waals surface area contributed by atoms with Crippen LogP contribution < -0.4 is 0 Å². The second kappa shape index (κ2) is 17.0. The number of rotatable bonds is 8. The minimum atomic E-state index is -4.61. The van der Waals surface area contributed by atoms with E-state index in [1.54, 1.807) is 36.9 Å². The van der Waals surface area contributed by atoms with Crippen LogP contribution in [0.15, 0.2) is 70.7 Å². The summed E-state index contributed by atoms with van der Waals surface area (Å²) in [6.45, 7) is 7.02. The lowest BCUT2D eigenvalue weighted by Crippen LogP contribution is -2.11. The monoisotopic (exact) mass is 716 g/mol. The summed E-state index contributed by atoms with van der Waals surface area (Å²) in [5, 5.41) is 0. The number of nitrogens with zero attached hydrogens (tertiary/aromatic N) is 4. The van der Waals surface area contributed by atoms with Gasteiger partial charge in [-0.15, -0.1) is 11.8 Å². The maximum atomic E-state index is 13.0. The number of aromatic nitrogens is 4. The van der Waals surface area contributed by atoms with Crippen LogP contribution in [0, 0.1) is 0 Å². The van der Waals surface area contributed by atoms with E-state index in [9.17, 15) is 34.8 Å². The molecular formula is C34H42F6N4O2S2. The fourth-order valence-electron chi connectivity index (χ4n) is 4.46. The van der Waals surface area contributed by atoms with Crippen molar-refractivity contribution in [2.75, 3.05) is 11.5 Å². The van der Waals surface area contributed by atoms with Gasteiger partial charge in [0.25, 0.3) is 0 Å². The van der Waals surface area contributed by atoms with E-state index in [2.05, 4.69) is 9.97 Å². The predicted molar refractivity (Wildman–Crippen MR) is 184 cm³/mol. The van der Waals surface area contributed by atoms with Gasteiger partial charge in [-0.3, -0.25) is 0 Å². The third-order valence-electron chi connectivity index (χ3n) is 6.86. The van der Waals surface area contributed by atoms with Crippen LogP contribution in [0.1, 0.15) is 65.3 Å². The van der Waals surface area contributed by atoms with Crippen molar-refractivity contribution in [1.29, 1.82) is 0 Å². The first kappa shape index (κ1) is 42.2. The first-order chi connectivity index (χ1) is 21.5. The predicted octanol–water partition coefficient (Wildman–Crippen LogP) is 10.5. The van der Waals surface area contributed by atoms with Crippen LogP contribution in [0.4, 0.5) is 26.3 Å². The lowest BCUT2D eigenvalue weighted by molar-refractivity contribution is -0.138. The van der Waals surface area contributed by atoms with Gasteiger partial charge < -0.3 is 9.13 Å². The molecule has 4 aromatic rings. The number of thioether (sulfide) groups is 1. The van der Waals surface area contributed by atoms with E-state index in [0.29, 0.717) is 28.2 Å². The summed E-state index contributed by atoms with van der Waals surface area (Å²) in [6.07, 6.45) is 1.43. The second-order valence-electron chi connectivity index (χ2n) is 9.88. The fraction of sp³-hybridized carbons (Fsp3) is 0.353. The zero-order chi connectivity index (χ0) is 34.4. The summed E-state index contributed by atoms with van der Waals surface area (Å²) in [6, 6.07) is 6.62. The molecule has 0 fully saturated rings. The second-order valence-corrected chi connectivity index (χ2v) is 13.4. The average Bonchev–Trinajstić information content (AvgIpc) is 3.54. The van der Waals surface area contributed by atoms with Gasteiger partial charge in [0.15, 0.2) is 9.84 Å². The first-order valence-corrected chi connectivity index (χ1v) is 16.7. The van der Waals surface area contributed by atoms with Crippen LogP contribution in [-0.4, -0.2) is 39.0 Å². The summed E-state index contributed by atoms with van der Waals surface area (Å²) >= 11 is 1.40. The number of imidazole rings is 2. The minimum absolute atomic E-state index is 0. The molecule has 2 aromatic carbocycles. The van der Waals surface area contributed by atoms with Crippen molar-refractivity contribution in [1.82, 2.24) is 19.1 Å². The van der Waals surface area contributed by atoms with Crippen LogP contribution in [0.25, 0.3) is 34.7 Å². The molecule has 0 saturated carbocycles. The molecule has 0 N–H and O–H groups in total. The Morgan fingerprint density at radius 2 is 1.19 bits per heavy atom. The molecule has 0 spiro atoms. The molecule has 0 saturated heterocycles. The van der Waals surface area contributed by atoms with E-state index >= 15 is 0 Å². The lowest BCUT2D eigenvalue weighted by atomic mass is 10.1. The molecule has 0 bridgehead atoms. The molecule has 4 rings (SSSR count). The van der Waals surface area contributed by atoms with E-state index < -0.39 is 33.3 Å². The zero-order valence-corrected chi connectivity index (χ0v) is 27.7. The molecule has 0 aliphatic rings. The van der Waals surface area contributed by atoms with E-state index in [1.165, 1.54) is 43.1 Å². The Bertz CT molecular complexity index is 1840. The summed E-state index contributed by atoms with van der Waals surface area (Å²) in [4.78, 5) is 8.74. The van der Waals surface area contributed by atoms with Crippen molar-refractivity contribution in [2.24, 2.45) is 14.1 Å². The Morgan fingerprint density at radius 3 is 1.60 bits per heavy atom. The summed E-state index contributed by atoms with van der Waals surface area (Å²) in [5.41, 5.74) is 0.597. The summed E-state index contributed by atoms with van der Waals surface area (Å²) in [7, 11) is -0.304. The molecule has 2 heterocycles. The van der Waals surface area contributed by atoms with Gasteiger partial charge in [0.2, 0.25) is 0 Å². The third-order valence-corrected chi connectivity index (χ3v) is 9.57. The Kier molecular flexibility index (Phi) is 15.0. The van der Waals surface area contributed by atoms with Crippen molar-refractivity contribution >= 4 is 33.8 Å². The van der Waals surface area contributed by atoms with Gasteiger partial charge in [0.1, 0.15) is 11.6 Å². The number of allylic oxidation sites excluding steroid dienone is 2. The highest BCUT2D eigenvalue weighted by Gasteiger charge is 2.33. The molecule has 0 amide bonds. The number of sulfone groups is 1. The SMILES string of the molecule is C.C.C/C=C/c1ncc(-c2ccc(C(F)(F)F)cc2S(=O)(=O)CC)n1C.C/C=C/c1ncc(-c2ccc(C(F)(F)F)cc2SCC)n1C. The Balaban J connectivity index is 0.000000462. The van der Waals surface area contributed by atoms with E-state index in [4.69, 9.17) is 0 Å². The average molecular weight is 717 g/mol. The van der Waals surface area contributed by atoms with Gasteiger partial charge in [0.05, 0.1) is 45.6 Å². The molecule has 48 heavy (non-hydrogen) atoms. The molecule has 6 nitrogen and oxygen atoms in total. The van der Waals surface area contributed by atoms with Crippen molar-refractivity contribution in [3.8, 4) is 22.5 Å². The Hall–Kier alpha value is -3.78. The van der Waals surface area contributed by atoms with Gasteiger partial charge in [-0.2, -0.15) is 26.3 Å². The lowest BCUT2D eigenvalue weighted by Gasteiger charge is -2.14. The molecule has 0 atom stereocenters. The molecule has 2 aromatic heterocycles. The zero-order valence-electron chi connectivity index (χ0n) is 26.0. The quantitative estimate of drug-likeness (QED) is 0.134. The highest BCUT2D eigenvalue weighted by Crippen LogP contribution is 2.38. The van der Waals surface area contributed by atoms with Crippen LogP contribution in [0.5, 0.6) is 0 Å². The van der Waals surface area contributed by atoms with Gasteiger partial charge in [0, 0.05) is 30.1 Å². The third kappa shape index (κ3) is 9.65. The maximum Gasteiger partial charge on any atom is 0.416 e. The number of alkyl halides is 6. The van der Waals surface area contributed by atoms with E-state index in [0.717, 1.165) is 29.2 Å². The Labute approximate surface area is 283 Å². The summed E-state index contributed by atoms with van der Waals surface area (Å²) < 4.78 is 106. The minimum Gasteiger partial charge on any atom is -0.328 e. The van der Waals surface area contributed by atoms with Crippen molar-refractivity contribution in [3.63, 3.8) is 0 Å². The largest absolute Gasteiger partial charge is 0.416 e. The molecule has 0 radical (unpaired) electrons. The topological polar surface area (TPSA) is 69.8 Å². The molecule has 14 heteroatoms. The molecule has 0 unspecified atom stereocenters. The van der Waals surface area contributed by atoms with Gasteiger partial charge in [-0.05, 0) is 56.0 Å². The van der Waals surface area contributed by atoms with Gasteiger partial charge in [-0.25, -0.2) is 18.4 Å². The summed E-state index contributed by atoms with van der Waals surface area (Å²) in [5.74, 6) is 1.76. The van der Waals surface area contributed by atoms with Crippen molar-refractivity contribution in [3.05, 3.63) is 83.7 Å². The number of hydrogen-bond acceptors (Lipinski definition) is 5. The highest BCUT2D eigenvalue weighted by atomic mass is 32.2. The normalized spacial score (nSPS) is 12.1. The van der Waals surface area contributed by atoms with Crippen molar-refractivity contribution in [2.45, 2.75) is 64.7 Å². The molecular weight excluding hydrogens is 675 g/mol. The maximum absolute atomic E-state index is 13.0. The highest BCUT2D eigenvalue weighted by molar-refractivity contribution is 7.99. The molecule has 0 aliphatic carbocycles. The van der Waals surface area contributed by atoms with Crippen LogP contribution in [0.3, 0.4) is 0 Å². The fourth-order valence-corrected chi connectivity index (χ4v) is 6.44. The van der Waals surface area contributed by atoms with Crippen LogP contribution >= 0.6 is 11.8 Å². The van der Waals surface area contributed by atoms with Crippen LogP contribution in [0.2, 0.25) is 0 Å². The number of halogens is 6. The molecule has 264 valence electrons. The number of benzene rings is 2. The number of hydrogen-bond donors (Lipinski definition) is 0. The molecule has 0 aliphatic heterocycles. The van der Waals surface area contributed by atoms with Gasteiger partial charge in [-0.1, -0.05) is 53.0 Å². The Morgan fingerprint density at radius 1 is 0.750 bits per heavy atom. The standard InChI is InChI=1S/C16H17F3N2O2S.C16H17F3N2S.2CH4/c1-4-6-15-20-10-13(21(15)3)12-8-7-11(16(17,18)19)9-14(12)24(22,23)5-2;1-4-6-15-20-10-13(21(15)3)12-8-7-11(16(17,18)19)9-14(12)22-5-2;;/h4,6-10H,5H2,1-3H3;4,6-10H,5H2,1-3H3;2*1H4/b2*6-4+;;. The van der Waals surface area contributed by atoms with E-state index in [1.807, 2.05) is 37.6 Å². The smallest absolute Gasteiger partial charge is 0.328 e. The van der Waals surface area contributed by atoms with Crippen LogP contribution in [-0.2, 0) is 36.3 Å². The van der Waals surface area contributed by atoms with Crippen molar-refractivity contribution < 1.29 is 34.8 Å². The van der Waals surface area contributed by atoms with E-state index in [-0.39, 0.29) is 31.1 Å². The van der Waals surface area contributed by atoms with Gasteiger partial charge >= 0.3 is 12.4 Å².